The molecule has 3 aromatic rings. The van der Waals surface area contributed by atoms with E-state index in [0.717, 1.165) is 61.4 Å². The molecule has 0 saturated carbocycles. The van der Waals surface area contributed by atoms with Crippen molar-refractivity contribution >= 4 is 22.7 Å². The second-order valence-corrected chi connectivity index (χ2v) is 8.36. The van der Waals surface area contributed by atoms with E-state index in [1.165, 1.54) is 19.3 Å². The van der Waals surface area contributed by atoms with Crippen LogP contribution in [-0.2, 0) is 13.0 Å². The summed E-state index contributed by atoms with van der Waals surface area (Å²) in [6.45, 7) is 2.74. The van der Waals surface area contributed by atoms with Gasteiger partial charge in [-0.2, -0.15) is 4.98 Å². The lowest BCUT2D eigenvalue weighted by atomic mass is 9.97. The van der Waals surface area contributed by atoms with Crippen LogP contribution in [0.2, 0.25) is 0 Å². The number of piperidine rings is 1. The zero-order valence-electron chi connectivity index (χ0n) is 18.2. The molecule has 9 heteroatoms. The van der Waals surface area contributed by atoms with Crippen molar-refractivity contribution in [2.75, 3.05) is 37.9 Å². The zero-order chi connectivity index (χ0) is 21.4. The van der Waals surface area contributed by atoms with E-state index >= 15 is 0 Å². The first-order valence-electron chi connectivity index (χ1n) is 11.0. The van der Waals surface area contributed by atoms with E-state index in [4.69, 9.17) is 20.2 Å². The lowest BCUT2D eigenvalue weighted by Gasteiger charge is -2.32. The number of fused-ring (bicyclic) bond motifs is 2. The third kappa shape index (κ3) is 3.62. The smallest absolute Gasteiger partial charge is 0.227 e. The summed E-state index contributed by atoms with van der Waals surface area (Å²) < 4.78 is 13.2. The maximum absolute atomic E-state index is 6.32. The van der Waals surface area contributed by atoms with Crippen molar-refractivity contribution < 1.29 is 9.47 Å². The van der Waals surface area contributed by atoms with Crippen molar-refractivity contribution in [2.24, 2.45) is 0 Å². The number of hydrogen-bond acceptors (Lipinski definition) is 8. The Morgan fingerprint density at radius 2 is 1.81 bits per heavy atom. The van der Waals surface area contributed by atoms with Gasteiger partial charge < -0.3 is 24.7 Å². The molecule has 2 aliphatic rings. The van der Waals surface area contributed by atoms with Gasteiger partial charge in [0.2, 0.25) is 5.95 Å². The Labute approximate surface area is 181 Å². The number of methoxy groups -OCH3 is 2. The van der Waals surface area contributed by atoms with Crippen LogP contribution in [0, 0.1) is 0 Å². The summed E-state index contributed by atoms with van der Waals surface area (Å²) in [5.41, 5.74) is 7.06. The third-order valence-corrected chi connectivity index (χ3v) is 6.43. The standard InChI is InChI=1S/C22H29N7O2/c1-30-17-11-15-16(12-18(17)31-2)24-22(25-20(15)23)28-9-6-7-14(13-28)21-27-26-19-8-4-3-5-10-29(19)21/h11-12,14H,3-10,13H2,1-2H3,(H2,23,24,25). The summed E-state index contributed by atoms with van der Waals surface area (Å²) in [6.07, 6.45) is 6.84. The van der Waals surface area contributed by atoms with Crippen LogP contribution in [0.15, 0.2) is 12.1 Å². The molecule has 164 valence electrons. The predicted octanol–water partition coefficient (Wildman–Crippen LogP) is 2.93. The Kier molecular flexibility index (Phi) is 5.25. The molecule has 9 nitrogen and oxygen atoms in total. The second-order valence-electron chi connectivity index (χ2n) is 8.36. The number of nitrogens with two attached hydrogens (primary N) is 1. The van der Waals surface area contributed by atoms with E-state index in [0.29, 0.717) is 29.2 Å². The van der Waals surface area contributed by atoms with Crippen LogP contribution < -0.4 is 20.1 Å². The molecule has 0 radical (unpaired) electrons. The Balaban J connectivity index is 1.46. The van der Waals surface area contributed by atoms with Crippen LogP contribution in [0.5, 0.6) is 11.5 Å². The first kappa shape index (κ1) is 19.8. The van der Waals surface area contributed by atoms with E-state index in [1.54, 1.807) is 14.2 Å². The highest BCUT2D eigenvalue weighted by atomic mass is 16.5. The lowest BCUT2D eigenvalue weighted by molar-refractivity contribution is 0.356. The fourth-order valence-corrected chi connectivity index (χ4v) is 4.79. The molecule has 4 heterocycles. The van der Waals surface area contributed by atoms with Crippen LogP contribution in [-0.4, -0.2) is 52.0 Å². The van der Waals surface area contributed by atoms with Gasteiger partial charge in [0.15, 0.2) is 11.5 Å². The molecule has 0 amide bonds. The van der Waals surface area contributed by atoms with Gasteiger partial charge in [-0.15, -0.1) is 10.2 Å². The number of anilines is 2. The molecule has 31 heavy (non-hydrogen) atoms. The number of aromatic nitrogens is 5. The Morgan fingerprint density at radius 1 is 0.968 bits per heavy atom. The Hall–Kier alpha value is -3.10. The average Bonchev–Trinajstić information content (AvgIpc) is 3.06. The van der Waals surface area contributed by atoms with Gasteiger partial charge in [0.25, 0.3) is 0 Å². The molecule has 0 bridgehead atoms. The molecule has 1 unspecified atom stereocenters. The molecule has 2 aliphatic heterocycles. The minimum atomic E-state index is 0.319. The number of ether oxygens (including phenoxy) is 2. The lowest BCUT2D eigenvalue weighted by Crippen LogP contribution is -2.36. The quantitative estimate of drug-likeness (QED) is 0.683. The number of aryl methyl sites for hydroxylation is 1. The maximum atomic E-state index is 6.32. The van der Waals surface area contributed by atoms with Crippen molar-refractivity contribution in [1.29, 1.82) is 0 Å². The van der Waals surface area contributed by atoms with Crippen molar-refractivity contribution in [3.63, 3.8) is 0 Å². The summed E-state index contributed by atoms with van der Waals surface area (Å²) in [5, 5.41) is 9.85. The van der Waals surface area contributed by atoms with E-state index < -0.39 is 0 Å². The number of hydrogen-bond donors (Lipinski definition) is 1. The largest absolute Gasteiger partial charge is 0.493 e. The minimum absolute atomic E-state index is 0.319. The van der Waals surface area contributed by atoms with Crippen molar-refractivity contribution in [3.8, 4) is 11.5 Å². The number of rotatable bonds is 4. The maximum Gasteiger partial charge on any atom is 0.227 e. The molecule has 2 N–H and O–H groups in total. The van der Waals surface area contributed by atoms with Crippen molar-refractivity contribution in [1.82, 2.24) is 24.7 Å². The fraction of sp³-hybridized carbons (Fsp3) is 0.545. The molecule has 1 fully saturated rings. The molecular weight excluding hydrogens is 394 g/mol. The fourth-order valence-electron chi connectivity index (χ4n) is 4.79. The third-order valence-electron chi connectivity index (χ3n) is 6.43. The number of nitrogens with zero attached hydrogens (tertiary/aromatic N) is 6. The summed E-state index contributed by atoms with van der Waals surface area (Å²) >= 11 is 0. The second kappa shape index (κ2) is 8.20. The molecule has 5 rings (SSSR count). The van der Waals surface area contributed by atoms with Crippen LogP contribution >= 0.6 is 0 Å². The van der Waals surface area contributed by atoms with Crippen LogP contribution in [0.3, 0.4) is 0 Å². The van der Waals surface area contributed by atoms with E-state index in [2.05, 4.69) is 24.6 Å². The average molecular weight is 424 g/mol. The van der Waals surface area contributed by atoms with Gasteiger partial charge in [-0.1, -0.05) is 6.42 Å². The highest BCUT2D eigenvalue weighted by Crippen LogP contribution is 2.35. The first-order chi connectivity index (χ1) is 15.2. The van der Waals surface area contributed by atoms with E-state index in [-0.39, 0.29) is 0 Å². The van der Waals surface area contributed by atoms with Gasteiger partial charge in [0.1, 0.15) is 17.5 Å². The molecule has 2 aromatic heterocycles. The number of nitrogen functional groups attached to an aromatic ring is 1. The van der Waals surface area contributed by atoms with Crippen molar-refractivity contribution in [3.05, 3.63) is 23.8 Å². The monoisotopic (exact) mass is 423 g/mol. The Bertz CT molecular complexity index is 1100. The Morgan fingerprint density at radius 3 is 2.65 bits per heavy atom. The van der Waals surface area contributed by atoms with Gasteiger partial charge >= 0.3 is 0 Å². The number of benzene rings is 1. The van der Waals surface area contributed by atoms with Crippen LogP contribution in [0.1, 0.15) is 49.7 Å². The van der Waals surface area contributed by atoms with Gasteiger partial charge in [0.05, 0.1) is 19.7 Å². The molecular formula is C22H29N7O2. The highest BCUT2D eigenvalue weighted by molar-refractivity contribution is 5.91. The topological polar surface area (TPSA) is 104 Å². The minimum Gasteiger partial charge on any atom is -0.493 e. The van der Waals surface area contributed by atoms with Crippen LogP contribution in [0.4, 0.5) is 11.8 Å². The summed E-state index contributed by atoms with van der Waals surface area (Å²) in [6, 6.07) is 3.69. The SMILES string of the molecule is COc1cc2nc(N3CCCC(c4nnc5n4CCCCC5)C3)nc(N)c2cc1OC. The molecule has 0 spiro atoms. The van der Waals surface area contributed by atoms with Gasteiger partial charge in [-0.05, 0) is 31.7 Å². The van der Waals surface area contributed by atoms with Gasteiger partial charge in [0, 0.05) is 43.4 Å². The van der Waals surface area contributed by atoms with Gasteiger partial charge in [-0.3, -0.25) is 0 Å². The zero-order valence-corrected chi connectivity index (χ0v) is 18.2. The molecule has 1 aromatic carbocycles. The first-order valence-corrected chi connectivity index (χ1v) is 11.0. The van der Waals surface area contributed by atoms with Gasteiger partial charge in [-0.25, -0.2) is 4.98 Å². The van der Waals surface area contributed by atoms with E-state index in [1.807, 2.05) is 12.1 Å². The normalized spacial score (nSPS) is 19.2. The highest BCUT2D eigenvalue weighted by Gasteiger charge is 2.29. The summed E-state index contributed by atoms with van der Waals surface area (Å²) in [5.74, 6) is 4.90. The van der Waals surface area contributed by atoms with Crippen molar-refractivity contribution in [2.45, 2.75) is 51.0 Å². The van der Waals surface area contributed by atoms with Crippen LogP contribution in [0.25, 0.3) is 10.9 Å². The molecule has 0 aliphatic carbocycles. The summed E-state index contributed by atoms with van der Waals surface area (Å²) in [4.78, 5) is 11.7. The predicted molar refractivity (Wildman–Crippen MR) is 119 cm³/mol. The van der Waals surface area contributed by atoms with E-state index in [9.17, 15) is 0 Å². The summed E-state index contributed by atoms with van der Waals surface area (Å²) in [7, 11) is 3.22. The molecule has 1 atom stereocenters. The molecule has 1 saturated heterocycles.